The molecule has 7 atom stereocenters. The molecule has 4 aliphatic rings. The number of nitrogens with one attached hydrogen (secondary N) is 3. The molecule has 0 radical (unpaired) electrons. The standard InChI is InChI=1S/C40H50F5N5O9S/c1-22-10-6-7-11-24-18-39(24,35(53)49-60(55,56)38(5)14-15-38)48-32(51)28-17-25(58-33-27-13-9-8-12-26(27)29(19-46-33)57-21-30(41)42)20-50(28)34(52)31(23(2)16-22)47-36(54)59-37(3,4)40(43,44)45/h7-9,11-13,19,22-25,28,30-31H,6,10,14-18,20-21H2,1-5H3,(H,47,54)(H,48,51)(H,49,53)/b11-7-/t22-,23+,24+,25+,28-,31-,39+/m0/s1. The highest BCUT2D eigenvalue weighted by Gasteiger charge is 2.63. The van der Waals surface area contributed by atoms with Crippen molar-refractivity contribution in [1.29, 1.82) is 0 Å². The molecule has 60 heavy (non-hydrogen) atoms. The number of aromatic nitrogens is 1. The van der Waals surface area contributed by atoms with Crippen LogP contribution in [0.3, 0.4) is 0 Å². The average Bonchev–Trinajstić information content (AvgIpc) is 4.04. The van der Waals surface area contributed by atoms with Crippen molar-refractivity contribution in [3.63, 3.8) is 0 Å². The quantitative estimate of drug-likeness (QED) is 0.202. The van der Waals surface area contributed by atoms with Crippen LogP contribution in [0.4, 0.5) is 26.7 Å². The number of allylic oxidation sites excluding steroid dienone is 1. The number of ether oxygens (including phenoxy) is 3. The first kappa shape index (κ1) is 44.8. The van der Waals surface area contributed by atoms with Gasteiger partial charge >= 0.3 is 12.3 Å². The van der Waals surface area contributed by atoms with Gasteiger partial charge in [0.2, 0.25) is 33.3 Å². The van der Waals surface area contributed by atoms with Gasteiger partial charge in [-0.25, -0.2) is 27.0 Å². The second-order valence-corrected chi connectivity index (χ2v) is 19.4. The molecule has 2 aliphatic heterocycles. The summed E-state index contributed by atoms with van der Waals surface area (Å²) < 4.78 is 111. The summed E-state index contributed by atoms with van der Waals surface area (Å²) in [6.45, 7) is 5.18. The van der Waals surface area contributed by atoms with Crippen molar-refractivity contribution < 1.29 is 63.8 Å². The number of fused-ring (bicyclic) bond motifs is 3. The van der Waals surface area contributed by atoms with Crippen LogP contribution in [0.2, 0.25) is 0 Å². The average molecular weight is 872 g/mol. The molecule has 0 spiro atoms. The van der Waals surface area contributed by atoms with Crippen molar-refractivity contribution in [2.24, 2.45) is 17.8 Å². The van der Waals surface area contributed by atoms with E-state index < -0.39 is 99.0 Å². The smallest absolute Gasteiger partial charge is 0.427 e. The SMILES string of the molecule is C[C@H]1CC/C=C\[C@@H]2C[C@@]2(C(=O)NS(=O)(=O)C2(C)CC2)NC(=O)[C@@H]2C[C@@H](Oc3ncc(OCC(F)F)c4ccccc34)CN2C(=O)[C@@H](NC(=O)OC(C)(C)C(F)(F)F)[C@H](C)C1. The van der Waals surface area contributed by atoms with Gasteiger partial charge in [0, 0.05) is 23.1 Å². The third kappa shape index (κ3) is 9.42. The monoisotopic (exact) mass is 871 g/mol. The lowest BCUT2D eigenvalue weighted by molar-refractivity contribution is -0.244. The molecule has 1 aromatic carbocycles. The first-order valence-corrected chi connectivity index (χ1v) is 21.3. The molecule has 3 N–H and O–H groups in total. The van der Waals surface area contributed by atoms with E-state index in [1.54, 1.807) is 37.3 Å². The van der Waals surface area contributed by atoms with Crippen LogP contribution in [-0.2, 0) is 29.1 Å². The zero-order chi connectivity index (χ0) is 44.0. The lowest BCUT2D eigenvalue weighted by Gasteiger charge is -2.34. The van der Waals surface area contributed by atoms with E-state index in [2.05, 4.69) is 20.3 Å². The van der Waals surface area contributed by atoms with E-state index in [0.717, 1.165) is 4.90 Å². The molecular weight excluding hydrogens is 822 g/mol. The van der Waals surface area contributed by atoms with E-state index in [4.69, 9.17) is 14.2 Å². The number of pyridine rings is 1. The van der Waals surface area contributed by atoms with E-state index in [0.29, 0.717) is 56.7 Å². The van der Waals surface area contributed by atoms with Gasteiger partial charge in [0.1, 0.15) is 36.1 Å². The zero-order valence-electron chi connectivity index (χ0n) is 33.8. The molecule has 2 aromatic rings. The van der Waals surface area contributed by atoms with Crippen molar-refractivity contribution >= 4 is 44.6 Å². The minimum atomic E-state index is -4.95. The van der Waals surface area contributed by atoms with Gasteiger partial charge in [-0.05, 0) is 77.2 Å². The Bertz CT molecular complexity index is 2130. The highest BCUT2D eigenvalue weighted by Crippen LogP contribution is 2.48. The number of alkyl halides is 5. The van der Waals surface area contributed by atoms with E-state index in [9.17, 15) is 49.5 Å². The molecule has 4 amide bonds. The molecule has 1 aromatic heterocycles. The minimum absolute atomic E-state index is 0.00689. The van der Waals surface area contributed by atoms with Crippen LogP contribution in [0, 0.1) is 17.8 Å². The van der Waals surface area contributed by atoms with Gasteiger partial charge in [0.05, 0.1) is 17.5 Å². The van der Waals surface area contributed by atoms with Crippen LogP contribution >= 0.6 is 0 Å². The molecule has 0 bridgehead atoms. The van der Waals surface area contributed by atoms with Crippen LogP contribution < -0.4 is 24.8 Å². The van der Waals surface area contributed by atoms with Gasteiger partial charge in [0.15, 0.2) is 0 Å². The van der Waals surface area contributed by atoms with Gasteiger partial charge in [0.25, 0.3) is 12.3 Å². The molecule has 6 rings (SSSR count). The second kappa shape index (κ2) is 16.6. The van der Waals surface area contributed by atoms with Gasteiger partial charge in [-0.15, -0.1) is 0 Å². The van der Waals surface area contributed by atoms with Crippen molar-refractivity contribution in [2.45, 2.75) is 126 Å². The summed E-state index contributed by atoms with van der Waals surface area (Å²) in [5, 5.41) is 5.82. The lowest BCUT2D eigenvalue weighted by Crippen LogP contribution is -2.59. The Hall–Kier alpha value is -4.75. The van der Waals surface area contributed by atoms with Gasteiger partial charge < -0.3 is 29.7 Å². The maximum Gasteiger partial charge on any atom is 0.427 e. The highest BCUT2D eigenvalue weighted by atomic mass is 32.2. The maximum atomic E-state index is 14.8. The van der Waals surface area contributed by atoms with Crippen molar-refractivity contribution in [3.8, 4) is 11.6 Å². The lowest BCUT2D eigenvalue weighted by atomic mass is 9.88. The van der Waals surface area contributed by atoms with Crippen LogP contribution in [0.1, 0.15) is 79.6 Å². The number of nitrogens with zero attached hydrogens (tertiary/aromatic N) is 2. The van der Waals surface area contributed by atoms with Crippen LogP contribution in [0.15, 0.2) is 42.6 Å². The molecule has 1 saturated heterocycles. The van der Waals surface area contributed by atoms with Crippen LogP contribution in [-0.4, -0.2) is 102 Å². The number of alkyl carbamates (subject to hydrolysis) is 1. The summed E-state index contributed by atoms with van der Waals surface area (Å²) >= 11 is 0. The van der Waals surface area contributed by atoms with Crippen molar-refractivity contribution in [2.75, 3.05) is 13.2 Å². The van der Waals surface area contributed by atoms with Crippen molar-refractivity contribution in [1.82, 2.24) is 25.2 Å². The third-order valence-corrected chi connectivity index (χ3v) is 14.1. The molecule has 0 unspecified atom stereocenters. The normalized spacial score (nSPS) is 28.9. The Morgan fingerprint density at radius 3 is 2.42 bits per heavy atom. The van der Waals surface area contributed by atoms with E-state index in [-0.39, 0.29) is 36.9 Å². The van der Waals surface area contributed by atoms with Gasteiger partial charge in [-0.2, -0.15) is 13.2 Å². The number of hydrogen-bond acceptors (Lipinski definition) is 10. The van der Waals surface area contributed by atoms with E-state index in [1.807, 2.05) is 13.0 Å². The summed E-state index contributed by atoms with van der Waals surface area (Å²) in [5.74, 6) is -3.94. The number of sulfonamides is 1. The topological polar surface area (TPSA) is 182 Å². The van der Waals surface area contributed by atoms with Crippen LogP contribution in [0.5, 0.6) is 11.6 Å². The van der Waals surface area contributed by atoms with E-state index in [1.165, 1.54) is 13.1 Å². The first-order chi connectivity index (χ1) is 28.0. The Balaban J connectivity index is 1.35. The molecule has 3 heterocycles. The number of benzene rings is 1. The molecule has 2 saturated carbocycles. The number of hydrogen-bond donors (Lipinski definition) is 3. The Kier molecular flexibility index (Phi) is 12.4. The largest absolute Gasteiger partial charge is 0.485 e. The first-order valence-electron chi connectivity index (χ1n) is 19.8. The third-order valence-electron chi connectivity index (χ3n) is 11.9. The fourth-order valence-corrected chi connectivity index (χ4v) is 9.02. The summed E-state index contributed by atoms with van der Waals surface area (Å²) in [6.07, 6.45) is -3.49. The molecule has 330 valence electrons. The Morgan fingerprint density at radius 1 is 1.08 bits per heavy atom. The summed E-state index contributed by atoms with van der Waals surface area (Å²) in [5.41, 5.74) is -4.62. The predicted molar refractivity (Wildman–Crippen MR) is 206 cm³/mol. The zero-order valence-corrected chi connectivity index (χ0v) is 34.6. The highest BCUT2D eigenvalue weighted by molar-refractivity contribution is 7.91. The summed E-state index contributed by atoms with van der Waals surface area (Å²) in [7, 11) is -4.12. The Labute approximate surface area is 344 Å². The Morgan fingerprint density at radius 2 is 1.77 bits per heavy atom. The van der Waals surface area contributed by atoms with Crippen LogP contribution in [0.25, 0.3) is 10.8 Å². The number of carbonyl (C=O) groups excluding carboxylic acids is 4. The molecule has 14 nitrogen and oxygen atoms in total. The molecular formula is C40H50F5N5O9S. The van der Waals surface area contributed by atoms with Crippen molar-refractivity contribution in [3.05, 3.63) is 42.6 Å². The summed E-state index contributed by atoms with van der Waals surface area (Å²) in [6, 6.07) is 3.60. The number of halogens is 5. The molecule has 20 heteroatoms. The number of amides is 4. The molecule has 3 fully saturated rings. The molecule has 2 aliphatic carbocycles. The summed E-state index contributed by atoms with van der Waals surface area (Å²) in [4.78, 5) is 61.7. The fourth-order valence-electron chi connectivity index (χ4n) is 7.70. The van der Waals surface area contributed by atoms with Gasteiger partial charge in [-0.1, -0.05) is 44.2 Å². The van der Waals surface area contributed by atoms with E-state index >= 15 is 0 Å². The number of carbonyl (C=O) groups is 4. The second-order valence-electron chi connectivity index (χ2n) is 17.2. The minimum Gasteiger partial charge on any atom is -0.485 e. The maximum absolute atomic E-state index is 14.8. The number of rotatable bonds is 10. The van der Waals surface area contributed by atoms with Gasteiger partial charge in [-0.3, -0.25) is 19.1 Å². The fraction of sp³-hybridized carbons (Fsp3) is 0.625. The predicted octanol–water partition coefficient (Wildman–Crippen LogP) is 5.55.